The highest BCUT2D eigenvalue weighted by atomic mass is 16.6. The number of carbonyl (C=O) groups is 2. The van der Waals surface area contributed by atoms with E-state index < -0.39 is 23.6 Å². The number of aromatic hydroxyl groups is 1. The molecule has 0 fully saturated rings. The van der Waals surface area contributed by atoms with E-state index >= 15 is 0 Å². The second kappa shape index (κ2) is 12.4. The van der Waals surface area contributed by atoms with Crippen molar-refractivity contribution in [3.8, 4) is 11.5 Å². The molecule has 0 heterocycles. The fourth-order valence-corrected chi connectivity index (χ4v) is 2.63. The lowest BCUT2D eigenvalue weighted by atomic mass is 10.2. The zero-order valence-corrected chi connectivity index (χ0v) is 19.3. The van der Waals surface area contributed by atoms with Gasteiger partial charge >= 0.3 is 6.09 Å². The SMILES string of the molecule is CCOc1cc(/C=N\NC(=O)[C@H](COCc2ccccc2)NC(=O)OC(C)(C)C)ccc1O. The molecule has 3 N–H and O–H groups in total. The van der Waals surface area contributed by atoms with Crippen LogP contribution in [0.3, 0.4) is 0 Å². The van der Waals surface area contributed by atoms with E-state index in [4.69, 9.17) is 14.2 Å². The number of hydrogen-bond acceptors (Lipinski definition) is 7. The smallest absolute Gasteiger partial charge is 0.408 e. The van der Waals surface area contributed by atoms with Gasteiger partial charge in [-0.1, -0.05) is 30.3 Å². The fraction of sp³-hybridized carbons (Fsp3) is 0.375. The molecule has 2 aromatic rings. The van der Waals surface area contributed by atoms with E-state index in [1.165, 1.54) is 12.3 Å². The van der Waals surface area contributed by atoms with Gasteiger partial charge in [0, 0.05) is 0 Å². The van der Waals surface area contributed by atoms with Crippen molar-refractivity contribution in [2.24, 2.45) is 5.10 Å². The van der Waals surface area contributed by atoms with Crippen molar-refractivity contribution in [2.45, 2.75) is 45.9 Å². The summed E-state index contributed by atoms with van der Waals surface area (Å²) in [5, 5.41) is 16.2. The van der Waals surface area contributed by atoms with Crippen LogP contribution >= 0.6 is 0 Å². The topological polar surface area (TPSA) is 118 Å². The van der Waals surface area contributed by atoms with Crippen LogP contribution in [0.15, 0.2) is 53.6 Å². The van der Waals surface area contributed by atoms with Crippen LogP contribution in [0.5, 0.6) is 11.5 Å². The maximum atomic E-state index is 12.7. The zero-order chi connectivity index (χ0) is 24.3. The van der Waals surface area contributed by atoms with Crippen LogP contribution < -0.4 is 15.5 Å². The molecule has 0 aromatic heterocycles. The number of alkyl carbamates (subject to hydrolysis) is 1. The Balaban J connectivity index is 2.01. The number of ether oxygens (including phenoxy) is 3. The van der Waals surface area contributed by atoms with Gasteiger partial charge in [0.05, 0.1) is 26.0 Å². The molecular weight excluding hydrogens is 426 g/mol. The number of nitrogens with one attached hydrogen (secondary N) is 2. The molecule has 1 atom stereocenters. The van der Waals surface area contributed by atoms with Crippen LogP contribution in [-0.2, 0) is 20.9 Å². The first-order valence-corrected chi connectivity index (χ1v) is 10.6. The molecule has 0 aliphatic rings. The monoisotopic (exact) mass is 457 g/mol. The summed E-state index contributed by atoms with van der Waals surface area (Å²) < 4.78 is 16.2. The second-order valence-electron chi connectivity index (χ2n) is 8.09. The number of rotatable bonds is 10. The van der Waals surface area contributed by atoms with Gasteiger partial charge in [-0.3, -0.25) is 4.79 Å². The van der Waals surface area contributed by atoms with E-state index in [0.717, 1.165) is 5.56 Å². The van der Waals surface area contributed by atoms with E-state index in [1.807, 2.05) is 30.3 Å². The summed E-state index contributed by atoms with van der Waals surface area (Å²) >= 11 is 0. The van der Waals surface area contributed by atoms with Gasteiger partial charge in [-0.15, -0.1) is 0 Å². The van der Waals surface area contributed by atoms with Gasteiger partial charge in [-0.25, -0.2) is 10.2 Å². The van der Waals surface area contributed by atoms with Gasteiger partial charge in [0.25, 0.3) is 5.91 Å². The van der Waals surface area contributed by atoms with Crippen molar-refractivity contribution >= 4 is 18.2 Å². The van der Waals surface area contributed by atoms with Crippen LogP contribution in [0.2, 0.25) is 0 Å². The Hall–Kier alpha value is -3.59. The van der Waals surface area contributed by atoms with Crippen molar-refractivity contribution in [1.29, 1.82) is 0 Å². The first kappa shape index (κ1) is 25.7. The summed E-state index contributed by atoms with van der Waals surface area (Å²) in [6, 6.07) is 13.1. The quantitative estimate of drug-likeness (QED) is 0.372. The summed E-state index contributed by atoms with van der Waals surface area (Å²) in [4.78, 5) is 24.8. The fourth-order valence-electron chi connectivity index (χ4n) is 2.63. The molecule has 0 unspecified atom stereocenters. The first-order chi connectivity index (χ1) is 15.7. The summed E-state index contributed by atoms with van der Waals surface area (Å²) in [5.41, 5.74) is 3.21. The van der Waals surface area contributed by atoms with Crippen molar-refractivity contribution < 1.29 is 28.9 Å². The third kappa shape index (κ3) is 9.61. The van der Waals surface area contributed by atoms with Crippen LogP contribution in [0, 0.1) is 0 Å². The highest BCUT2D eigenvalue weighted by Gasteiger charge is 2.24. The van der Waals surface area contributed by atoms with Crippen molar-refractivity contribution in [1.82, 2.24) is 10.7 Å². The minimum atomic E-state index is -1.03. The minimum Gasteiger partial charge on any atom is -0.504 e. The molecule has 2 aromatic carbocycles. The number of phenols is 1. The van der Waals surface area contributed by atoms with E-state index in [-0.39, 0.29) is 19.0 Å². The predicted octanol–water partition coefficient (Wildman–Crippen LogP) is 3.35. The minimum absolute atomic E-state index is 0.00947. The molecule has 9 nitrogen and oxygen atoms in total. The second-order valence-corrected chi connectivity index (χ2v) is 8.09. The Bertz CT molecular complexity index is 941. The lowest BCUT2D eigenvalue weighted by Gasteiger charge is -2.22. The van der Waals surface area contributed by atoms with E-state index in [0.29, 0.717) is 17.9 Å². The van der Waals surface area contributed by atoms with Crippen LogP contribution in [0.4, 0.5) is 4.79 Å². The van der Waals surface area contributed by atoms with Gasteiger partial charge in [0.15, 0.2) is 11.5 Å². The Kier molecular flexibility index (Phi) is 9.68. The zero-order valence-electron chi connectivity index (χ0n) is 19.3. The number of nitrogens with zero attached hydrogens (tertiary/aromatic N) is 1. The molecule has 0 saturated heterocycles. The third-order valence-electron chi connectivity index (χ3n) is 4.08. The van der Waals surface area contributed by atoms with Crippen molar-refractivity contribution in [3.63, 3.8) is 0 Å². The van der Waals surface area contributed by atoms with Gasteiger partial charge in [-0.2, -0.15) is 5.10 Å². The number of phenolic OH excluding ortho intramolecular Hbond substituents is 1. The van der Waals surface area contributed by atoms with Crippen LogP contribution in [0.25, 0.3) is 0 Å². The summed E-state index contributed by atoms with van der Waals surface area (Å²) in [6.45, 7) is 7.58. The molecule has 0 radical (unpaired) electrons. The van der Waals surface area contributed by atoms with E-state index in [9.17, 15) is 14.7 Å². The number of hydrazone groups is 1. The lowest BCUT2D eigenvalue weighted by molar-refractivity contribution is -0.124. The molecule has 0 aliphatic heterocycles. The molecule has 0 aliphatic carbocycles. The van der Waals surface area contributed by atoms with Gasteiger partial charge in [-0.05, 0) is 57.0 Å². The highest BCUT2D eigenvalue weighted by molar-refractivity contribution is 5.87. The molecule has 0 saturated carbocycles. The summed E-state index contributed by atoms with van der Waals surface area (Å²) in [7, 11) is 0. The Labute approximate surface area is 193 Å². The molecular formula is C24H31N3O6. The van der Waals surface area contributed by atoms with E-state index in [1.54, 1.807) is 39.8 Å². The maximum absolute atomic E-state index is 12.7. The van der Waals surface area contributed by atoms with Gasteiger partial charge < -0.3 is 24.6 Å². The molecule has 0 spiro atoms. The largest absolute Gasteiger partial charge is 0.504 e. The summed E-state index contributed by atoms with van der Waals surface area (Å²) in [6.07, 6.45) is 0.657. The summed E-state index contributed by atoms with van der Waals surface area (Å²) in [5.74, 6) is -0.254. The Morgan fingerprint density at radius 3 is 2.55 bits per heavy atom. The molecule has 9 heteroatoms. The van der Waals surface area contributed by atoms with Gasteiger partial charge in [0.1, 0.15) is 11.6 Å². The average molecular weight is 458 g/mol. The third-order valence-corrected chi connectivity index (χ3v) is 4.08. The van der Waals surface area contributed by atoms with E-state index in [2.05, 4.69) is 15.8 Å². The highest BCUT2D eigenvalue weighted by Crippen LogP contribution is 2.26. The average Bonchev–Trinajstić information content (AvgIpc) is 2.75. The molecule has 33 heavy (non-hydrogen) atoms. The molecule has 178 valence electrons. The van der Waals surface area contributed by atoms with Crippen LogP contribution in [-0.4, -0.2) is 48.2 Å². The molecule has 0 bridgehead atoms. The maximum Gasteiger partial charge on any atom is 0.408 e. The lowest BCUT2D eigenvalue weighted by Crippen LogP contribution is -2.49. The number of hydrogen-bond donors (Lipinski definition) is 3. The van der Waals surface area contributed by atoms with Crippen LogP contribution in [0.1, 0.15) is 38.8 Å². The normalized spacial score (nSPS) is 12.2. The Morgan fingerprint density at radius 2 is 1.88 bits per heavy atom. The molecule has 2 amide bonds. The van der Waals surface area contributed by atoms with Crippen molar-refractivity contribution in [3.05, 3.63) is 59.7 Å². The van der Waals surface area contributed by atoms with Gasteiger partial charge in [0.2, 0.25) is 0 Å². The standard InChI is InChI=1S/C24H31N3O6/c1-5-32-21-13-18(11-12-20(21)28)14-25-27-22(29)19(26-23(30)33-24(2,3)4)16-31-15-17-9-7-6-8-10-17/h6-14,19,28H,5,15-16H2,1-4H3,(H,26,30)(H,27,29)/b25-14-/t19-/m0/s1. The van der Waals surface area contributed by atoms with Crippen molar-refractivity contribution in [2.75, 3.05) is 13.2 Å². The predicted molar refractivity (Wildman–Crippen MR) is 124 cm³/mol. The molecule has 2 rings (SSSR count). The first-order valence-electron chi connectivity index (χ1n) is 10.6. The number of carbonyl (C=O) groups excluding carboxylic acids is 2. The number of benzene rings is 2. The Morgan fingerprint density at radius 1 is 1.15 bits per heavy atom. The number of amides is 2.